The molecular formula is C30H47N5O4. The average molecular weight is 542 g/mol. The molecular weight excluding hydrogens is 494 g/mol. The van der Waals surface area contributed by atoms with Crippen molar-refractivity contribution in [1.82, 2.24) is 15.1 Å². The fourth-order valence-electron chi connectivity index (χ4n) is 5.70. The smallest absolute Gasteiger partial charge is 0.251 e. The third-order valence-electron chi connectivity index (χ3n) is 8.10. The minimum Gasteiger partial charge on any atom is -0.372 e. The van der Waals surface area contributed by atoms with Crippen LogP contribution in [0.25, 0.3) is 0 Å². The molecule has 2 heterocycles. The van der Waals surface area contributed by atoms with Crippen LogP contribution in [0.2, 0.25) is 0 Å². The maximum Gasteiger partial charge on any atom is 0.251 e. The van der Waals surface area contributed by atoms with Crippen LogP contribution in [0.4, 0.5) is 5.69 Å². The highest BCUT2D eigenvalue weighted by atomic mass is 16.2. The first-order valence-electron chi connectivity index (χ1n) is 14.6. The Morgan fingerprint density at radius 3 is 2.31 bits per heavy atom. The molecule has 2 saturated heterocycles. The lowest BCUT2D eigenvalue weighted by atomic mass is 10.0. The number of nitrogens with two attached hydrogens (primary N) is 1. The van der Waals surface area contributed by atoms with Gasteiger partial charge in [0, 0.05) is 43.9 Å². The molecule has 9 heteroatoms. The van der Waals surface area contributed by atoms with Crippen molar-refractivity contribution < 1.29 is 19.2 Å². The van der Waals surface area contributed by atoms with Gasteiger partial charge in [0.15, 0.2) is 5.78 Å². The first-order valence-corrected chi connectivity index (χ1v) is 14.6. The number of amides is 3. The van der Waals surface area contributed by atoms with Crippen molar-refractivity contribution in [3.05, 3.63) is 29.8 Å². The topological polar surface area (TPSA) is 116 Å². The van der Waals surface area contributed by atoms with Crippen molar-refractivity contribution in [3.63, 3.8) is 0 Å². The predicted octanol–water partition coefficient (Wildman–Crippen LogP) is 2.82. The fraction of sp³-hybridized carbons (Fsp3) is 0.667. The molecule has 0 bridgehead atoms. The van der Waals surface area contributed by atoms with Crippen LogP contribution in [0.1, 0.15) is 77.1 Å². The van der Waals surface area contributed by atoms with Gasteiger partial charge in [-0.1, -0.05) is 20.8 Å². The van der Waals surface area contributed by atoms with Gasteiger partial charge in [-0.05, 0) is 75.6 Å². The highest BCUT2D eigenvalue weighted by Gasteiger charge is 2.51. The highest BCUT2D eigenvalue weighted by molar-refractivity contribution is 5.98. The minimum absolute atomic E-state index is 0.0325. The largest absolute Gasteiger partial charge is 0.372 e. The number of Topliss-reactive ketones (excluding diaryl/α,β-unsaturated/α-hetero) is 1. The zero-order chi connectivity index (χ0) is 28.7. The Kier molecular flexibility index (Phi) is 10.9. The van der Waals surface area contributed by atoms with Gasteiger partial charge in [-0.15, -0.1) is 0 Å². The molecule has 0 aliphatic carbocycles. The predicted molar refractivity (Wildman–Crippen MR) is 153 cm³/mol. The molecule has 3 rings (SSSR count). The molecule has 216 valence electrons. The average Bonchev–Trinajstić information content (AvgIpc) is 3.49. The van der Waals surface area contributed by atoms with Crippen LogP contribution in [-0.2, 0) is 14.4 Å². The summed E-state index contributed by atoms with van der Waals surface area (Å²) in [6.45, 7) is 13.2. The van der Waals surface area contributed by atoms with E-state index in [0.29, 0.717) is 50.3 Å². The zero-order valence-corrected chi connectivity index (χ0v) is 24.3. The first-order chi connectivity index (χ1) is 18.6. The van der Waals surface area contributed by atoms with E-state index in [2.05, 4.69) is 37.9 Å². The van der Waals surface area contributed by atoms with E-state index in [4.69, 9.17) is 5.73 Å². The van der Waals surface area contributed by atoms with Crippen molar-refractivity contribution in [1.29, 1.82) is 0 Å². The third kappa shape index (κ3) is 7.59. The summed E-state index contributed by atoms with van der Waals surface area (Å²) in [7, 11) is 0. The Morgan fingerprint density at radius 2 is 1.69 bits per heavy atom. The summed E-state index contributed by atoms with van der Waals surface area (Å²) in [4.78, 5) is 57.0. The summed E-state index contributed by atoms with van der Waals surface area (Å²) >= 11 is 0. The van der Waals surface area contributed by atoms with Crippen LogP contribution in [-0.4, -0.2) is 84.2 Å². The number of anilines is 1. The molecule has 4 unspecified atom stereocenters. The highest BCUT2D eigenvalue weighted by Crippen LogP contribution is 2.31. The molecule has 0 spiro atoms. The molecule has 2 fully saturated rings. The van der Waals surface area contributed by atoms with Gasteiger partial charge < -0.3 is 25.8 Å². The van der Waals surface area contributed by atoms with E-state index in [1.807, 2.05) is 31.2 Å². The van der Waals surface area contributed by atoms with Crippen molar-refractivity contribution in [2.24, 2.45) is 17.6 Å². The zero-order valence-electron chi connectivity index (χ0n) is 24.3. The normalized spacial score (nSPS) is 20.2. The lowest BCUT2D eigenvalue weighted by Crippen LogP contribution is -2.48. The summed E-state index contributed by atoms with van der Waals surface area (Å²) in [6, 6.07) is 6.15. The standard InChI is InChI=1S/C30H47N5O4/c1-6-33(7-2)23-11-9-22(10-12-23)29(38)32-16-14-21(5)18-27(37)34-17-15-25-28(34)26(36)19-35(25)30(39)24(31)13-8-20(3)4/h9-12,20-21,24-25,28H,6-8,13-19,31H2,1-5H3,(H,32,38). The number of hydrogen-bond acceptors (Lipinski definition) is 6. The van der Waals surface area contributed by atoms with E-state index in [0.717, 1.165) is 25.2 Å². The number of nitrogens with zero attached hydrogens (tertiary/aromatic N) is 3. The van der Waals surface area contributed by atoms with Gasteiger partial charge in [0.2, 0.25) is 11.8 Å². The van der Waals surface area contributed by atoms with Gasteiger partial charge in [-0.2, -0.15) is 0 Å². The molecule has 1 aromatic carbocycles. The van der Waals surface area contributed by atoms with Crippen LogP contribution in [0, 0.1) is 11.8 Å². The maximum absolute atomic E-state index is 13.1. The molecule has 1 aromatic rings. The van der Waals surface area contributed by atoms with Crippen LogP contribution in [0.15, 0.2) is 24.3 Å². The van der Waals surface area contributed by atoms with E-state index in [1.54, 1.807) is 9.80 Å². The maximum atomic E-state index is 13.1. The molecule has 2 aliphatic heterocycles. The molecule has 0 radical (unpaired) electrons. The number of rotatable bonds is 13. The fourth-order valence-corrected chi connectivity index (χ4v) is 5.70. The molecule has 3 amide bonds. The van der Waals surface area contributed by atoms with Gasteiger partial charge in [-0.3, -0.25) is 19.2 Å². The van der Waals surface area contributed by atoms with Crippen LogP contribution in [0.5, 0.6) is 0 Å². The first kappa shape index (κ1) is 30.6. The van der Waals surface area contributed by atoms with E-state index < -0.39 is 12.1 Å². The molecule has 39 heavy (non-hydrogen) atoms. The van der Waals surface area contributed by atoms with Crippen LogP contribution < -0.4 is 16.0 Å². The van der Waals surface area contributed by atoms with E-state index >= 15 is 0 Å². The number of fused-ring (bicyclic) bond motifs is 1. The third-order valence-corrected chi connectivity index (χ3v) is 8.10. The number of carbonyl (C=O) groups excluding carboxylic acids is 4. The Labute approximate surface area is 233 Å². The van der Waals surface area contributed by atoms with E-state index in [1.165, 1.54) is 0 Å². The van der Waals surface area contributed by atoms with Gasteiger partial charge in [0.25, 0.3) is 5.91 Å². The van der Waals surface area contributed by atoms with Gasteiger partial charge in [0.1, 0.15) is 6.04 Å². The number of hydrogen-bond donors (Lipinski definition) is 2. The Hall–Kier alpha value is -2.94. The number of likely N-dealkylation sites (tertiary alicyclic amines) is 2. The number of ketones is 1. The molecule has 3 N–H and O–H groups in total. The Bertz CT molecular complexity index is 1010. The van der Waals surface area contributed by atoms with Crippen molar-refractivity contribution in [2.45, 2.75) is 84.8 Å². The molecule has 0 aromatic heterocycles. The van der Waals surface area contributed by atoms with Gasteiger partial charge in [-0.25, -0.2) is 0 Å². The quantitative estimate of drug-likeness (QED) is 0.397. The summed E-state index contributed by atoms with van der Waals surface area (Å²) in [6.07, 6.45) is 3.00. The Balaban J connectivity index is 1.46. The molecule has 9 nitrogen and oxygen atoms in total. The lowest BCUT2D eigenvalue weighted by molar-refractivity contribution is -0.137. The van der Waals surface area contributed by atoms with Crippen LogP contribution in [0.3, 0.4) is 0 Å². The molecule has 4 atom stereocenters. The number of nitrogens with one attached hydrogen (secondary N) is 1. The SMILES string of the molecule is CCN(CC)c1ccc(C(=O)NCCC(C)CC(=O)N2CCC3C2C(=O)CN3C(=O)C(N)CCC(C)C)cc1. The van der Waals surface area contributed by atoms with Crippen molar-refractivity contribution in [3.8, 4) is 0 Å². The number of benzene rings is 1. The minimum atomic E-state index is -0.612. The molecule has 0 saturated carbocycles. The van der Waals surface area contributed by atoms with E-state index in [9.17, 15) is 19.2 Å². The van der Waals surface area contributed by atoms with E-state index in [-0.39, 0.29) is 42.0 Å². The second kappa shape index (κ2) is 13.9. The summed E-state index contributed by atoms with van der Waals surface area (Å²) < 4.78 is 0. The Morgan fingerprint density at radius 1 is 1.03 bits per heavy atom. The molecule has 2 aliphatic rings. The van der Waals surface area contributed by atoms with Crippen molar-refractivity contribution >= 4 is 29.2 Å². The monoisotopic (exact) mass is 541 g/mol. The van der Waals surface area contributed by atoms with Crippen molar-refractivity contribution in [2.75, 3.05) is 37.6 Å². The summed E-state index contributed by atoms with van der Waals surface area (Å²) in [5, 5.41) is 2.95. The summed E-state index contributed by atoms with van der Waals surface area (Å²) in [5.41, 5.74) is 7.86. The van der Waals surface area contributed by atoms with Gasteiger partial charge >= 0.3 is 0 Å². The lowest BCUT2D eigenvalue weighted by Gasteiger charge is -2.27. The van der Waals surface area contributed by atoms with Gasteiger partial charge in [0.05, 0.1) is 18.6 Å². The number of carbonyl (C=O) groups is 4. The summed E-state index contributed by atoms with van der Waals surface area (Å²) in [5.74, 6) is 0.0335. The second-order valence-electron chi connectivity index (χ2n) is 11.5. The second-order valence-corrected chi connectivity index (χ2v) is 11.5. The van der Waals surface area contributed by atoms with Crippen LogP contribution >= 0.6 is 0 Å².